The largest absolute Gasteiger partial charge is 0.494 e. The van der Waals surface area contributed by atoms with Crippen LogP contribution in [0.25, 0.3) is 10.2 Å². The Morgan fingerprint density at radius 3 is 2.41 bits per heavy atom. The third-order valence-electron chi connectivity index (χ3n) is 4.86. The standard InChI is InChI=1S/C23H21N3O4S2/c1-3-26(17-8-5-4-6-9-17)32(28,29)18-14-12-16(13-15-18)22(27)25-23-24-21-19(30-2)10-7-11-20(21)31-23/h4-15H,3H2,1-2H3,(H,24,25,27). The summed E-state index contributed by atoms with van der Waals surface area (Å²) < 4.78 is 33.7. The van der Waals surface area contributed by atoms with Gasteiger partial charge in [0.25, 0.3) is 15.9 Å². The van der Waals surface area contributed by atoms with Gasteiger partial charge in [-0.3, -0.25) is 14.4 Å². The first-order valence-electron chi connectivity index (χ1n) is 9.86. The Labute approximate surface area is 190 Å². The number of fused-ring (bicyclic) bond motifs is 1. The van der Waals surface area contributed by atoms with Crippen LogP contribution in [0, 0.1) is 0 Å². The van der Waals surface area contributed by atoms with E-state index in [1.807, 2.05) is 24.3 Å². The first-order chi connectivity index (χ1) is 15.4. The van der Waals surface area contributed by atoms with E-state index in [1.165, 1.54) is 39.9 Å². The molecule has 9 heteroatoms. The van der Waals surface area contributed by atoms with Crippen LogP contribution in [-0.4, -0.2) is 33.0 Å². The van der Waals surface area contributed by atoms with E-state index in [0.717, 1.165) is 4.70 Å². The molecule has 0 aliphatic carbocycles. The summed E-state index contributed by atoms with van der Waals surface area (Å²) in [5.41, 5.74) is 1.60. The average molecular weight is 468 g/mol. The summed E-state index contributed by atoms with van der Waals surface area (Å²) in [5, 5.41) is 3.21. The summed E-state index contributed by atoms with van der Waals surface area (Å²) in [6.45, 7) is 2.06. The van der Waals surface area contributed by atoms with Crippen molar-refractivity contribution in [3.8, 4) is 5.75 Å². The minimum absolute atomic E-state index is 0.115. The lowest BCUT2D eigenvalue weighted by molar-refractivity contribution is 0.102. The van der Waals surface area contributed by atoms with Crippen LogP contribution >= 0.6 is 11.3 Å². The summed E-state index contributed by atoms with van der Waals surface area (Å²) >= 11 is 1.34. The van der Waals surface area contributed by atoms with Crippen LogP contribution in [0.4, 0.5) is 10.8 Å². The molecule has 3 aromatic carbocycles. The number of methoxy groups -OCH3 is 1. The van der Waals surface area contributed by atoms with Gasteiger partial charge in [0, 0.05) is 12.1 Å². The van der Waals surface area contributed by atoms with Crippen molar-refractivity contribution in [2.45, 2.75) is 11.8 Å². The van der Waals surface area contributed by atoms with Crippen molar-refractivity contribution >= 4 is 48.3 Å². The van der Waals surface area contributed by atoms with Gasteiger partial charge in [-0.25, -0.2) is 13.4 Å². The zero-order valence-electron chi connectivity index (χ0n) is 17.5. The number of para-hydroxylation sites is 2. The summed E-state index contributed by atoms with van der Waals surface area (Å²) in [5.74, 6) is 0.259. The van der Waals surface area contributed by atoms with Crippen molar-refractivity contribution < 1.29 is 17.9 Å². The Morgan fingerprint density at radius 2 is 1.75 bits per heavy atom. The van der Waals surface area contributed by atoms with Crippen LogP contribution in [0.3, 0.4) is 0 Å². The summed E-state index contributed by atoms with van der Waals surface area (Å²) in [6.07, 6.45) is 0. The Balaban J connectivity index is 1.55. The molecule has 1 N–H and O–H groups in total. The van der Waals surface area contributed by atoms with E-state index in [-0.39, 0.29) is 17.3 Å². The van der Waals surface area contributed by atoms with E-state index in [1.54, 1.807) is 38.3 Å². The normalized spacial score (nSPS) is 11.3. The molecular formula is C23H21N3O4S2. The molecule has 0 aliphatic heterocycles. The van der Waals surface area contributed by atoms with Crippen LogP contribution in [-0.2, 0) is 10.0 Å². The van der Waals surface area contributed by atoms with Crippen LogP contribution in [0.2, 0.25) is 0 Å². The van der Waals surface area contributed by atoms with Gasteiger partial charge >= 0.3 is 0 Å². The van der Waals surface area contributed by atoms with Crippen molar-refractivity contribution in [3.05, 3.63) is 78.4 Å². The molecule has 0 saturated carbocycles. The number of hydrogen-bond acceptors (Lipinski definition) is 6. The topological polar surface area (TPSA) is 88.6 Å². The lowest BCUT2D eigenvalue weighted by atomic mass is 10.2. The van der Waals surface area contributed by atoms with Gasteiger partial charge in [0.05, 0.1) is 22.4 Å². The quantitative estimate of drug-likeness (QED) is 0.423. The number of carbonyl (C=O) groups is 1. The number of carbonyl (C=O) groups excluding carboxylic acids is 1. The number of nitrogens with zero attached hydrogens (tertiary/aromatic N) is 2. The van der Waals surface area contributed by atoms with Gasteiger partial charge in [-0.05, 0) is 55.5 Å². The fraction of sp³-hybridized carbons (Fsp3) is 0.130. The minimum atomic E-state index is -3.75. The zero-order chi connectivity index (χ0) is 22.7. The van der Waals surface area contributed by atoms with Crippen molar-refractivity contribution in [2.24, 2.45) is 0 Å². The second kappa shape index (κ2) is 8.97. The van der Waals surface area contributed by atoms with Crippen molar-refractivity contribution in [1.82, 2.24) is 4.98 Å². The third-order valence-corrected chi connectivity index (χ3v) is 7.71. The van der Waals surface area contributed by atoms with E-state index in [0.29, 0.717) is 27.6 Å². The molecule has 0 unspecified atom stereocenters. The molecule has 0 spiro atoms. The Hall–Kier alpha value is -3.43. The number of rotatable bonds is 7. The fourth-order valence-corrected chi connectivity index (χ4v) is 5.65. The highest BCUT2D eigenvalue weighted by Crippen LogP contribution is 2.32. The molecule has 164 valence electrons. The van der Waals surface area contributed by atoms with Gasteiger partial charge in [-0.2, -0.15) is 0 Å². The number of thiazole rings is 1. The van der Waals surface area contributed by atoms with E-state index in [9.17, 15) is 13.2 Å². The maximum atomic E-state index is 13.1. The van der Waals surface area contributed by atoms with Crippen LogP contribution < -0.4 is 14.4 Å². The van der Waals surface area contributed by atoms with Gasteiger partial charge in [0.15, 0.2) is 5.13 Å². The molecule has 0 aliphatic rings. The van der Waals surface area contributed by atoms with Gasteiger partial charge < -0.3 is 4.74 Å². The predicted octanol–water partition coefficient (Wildman–Crippen LogP) is 4.77. The molecule has 7 nitrogen and oxygen atoms in total. The van der Waals surface area contributed by atoms with Gasteiger partial charge in [-0.1, -0.05) is 35.6 Å². The van der Waals surface area contributed by atoms with E-state index in [2.05, 4.69) is 10.3 Å². The maximum absolute atomic E-state index is 13.1. The maximum Gasteiger partial charge on any atom is 0.264 e. The Morgan fingerprint density at radius 1 is 1.03 bits per heavy atom. The van der Waals surface area contributed by atoms with Crippen molar-refractivity contribution in [2.75, 3.05) is 23.3 Å². The highest BCUT2D eigenvalue weighted by Gasteiger charge is 2.24. The smallest absolute Gasteiger partial charge is 0.264 e. The summed E-state index contributed by atoms with van der Waals surface area (Å²) in [4.78, 5) is 17.2. The molecule has 4 rings (SSSR count). The van der Waals surface area contributed by atoms with Gasteiger partial charge in [0.1, 0.15) is 11.3 Å². The number of benzene rings is 3. The van der Waals surface area contributed by atoms with E-state index >= 15 is 0 Å². The molecule has 1 aromatic heterocycles. The zero-order valence-corrected chi connectivity index (χ0v) is 19.1. The molecule has 0 saturated heterocycles. The summed E-state index contributed by atoms with van der Waals surface area (Å²) in [6, 6.07) is 20.3. The second-order valence-corrected chi connectivity index (χ2v) is 9.70. The van der Waals surface area contributed by atoms with Crippen molar-refractivity contribution in [1.29, 1.82) is 0 Å². The third kappa shape index (κ3) is 4.17. The van der Waals surface area contributed by atoms with Crippen molar-refractivity contribution in [3.63, 3.8) is 0 Å². The first kappa shape index (κ1) is 21.8. The number of ether oxygens (including phenoxy) is 1. The predicted molar refractivity (Wildman–Crippen MR) is 127 cm³/mol. The summed E-state index contributed by atoms with van der Waals surface area (Å²) in [7, 11) is -2.18. The number of aromatic nitrogens is 1. The average Bonchev–Trinajstić information content (AvgIpc) is 3.22. The number of anilines is 2. The van der Waals surface area contributed by atoms with Crippen LogP contribution in [0.15, 0.2) is 77.7 Å². The second-order valence-electron chi connectivity index (χ2n) is 6.81. The van der Waals surface area contributed by atoms with E-state index < -0.39 is 10.0 Å². The molecule has 1 amide bonds. The van der Waals surface area contributed by atoms with E-state index in [4.69, 9.17) is 4.74 Å². The fourth-order valence-electron chi connectivity index (χ4n) is 3.30. The number of amides is 1. The lowest BCUT2D eigenvalue weighted by Crippen LogP contribution is -2.30. The van der Waals surface area contributed by atoms with Crippen LogP contribution in [0.1, 0.15) is 17.3 Å². The Kier molecular flexibility index (Phi) is 6.11. The van der Waals surface area contributed by atoms with Crippen LogP contribution in [0.5, 0.6) is 5.75 Å². The van der Waals surface area contributed by atoms with Gasteiger partial charge in [-0.15, -0.1) is 0 Å². The molecule has 32 heavy (non-hydrogen) atoms. The number of sulfonamides is 1. The molecular weight excluding hydrogens is 446 g/mol. The SMILES string of the molecule is CCN(c1ccccc1)S(=O)(=O)c1ccc(C(=O)Nc2nc3c(OC)cccc3s2)cc1. The minimum Gasteiger partial charge on any atom is -0.494 e. The first-order valence-corrected chi connectivity index (χ1v) is 12.1. The molecule has 4 aromatic rings. The lowest BCUT2D eigenvalue weighted by Gasteiger charge is -2.22. The highest BCUT2D eigenvalue weighted by atomic mass is 32.2. The number of hydrogen-bond donors (Lipinski definition) is 1. The number of nitrogens with one attached hydrogen (secondary N) is 1. The molecule has 0 bridgehead atoms. The molecule has 1 heterocycles. The highest BCUT2D eigenvalue weighted by molar-refractivity contribution is 7.92. The molecule has 0 atom stereocenters. The monoisotopic (exact) mass is 467 g/mol. The van der Waals surface area contributed by atoms with Gasteiger partial charge in [0.2, 0.25) is 0 Å². The molecule has 0 fully saturated rings. The Bertz CT molecular complexity index is 1350. The molecule has 0 radical (unpaired) electrons.